The molecule has 1 heterocycles. The van der Waals surface area contributed by atoms with Crippen LogP contribution in [-0.4, -0.2) is 0 Å². The summed E-state index contributed by atoms with van der Waals surface area (Å²) < 4.78 is 0. The highest BCUT2D eigenvalue weighted by molar-refractivity contribution is 7.12. The summed E-state index contributed by atoms with van der Waals surface area (Å²) in [6.45, 7) is 2.77. The molecule has 2 aromatic rings. The van der Waals surface area contributed by atoms with Gasteiger partial charge in [-0.05, 0) is 24.6 Å². The molecule has 1 unspecified atom stereocenters. The maximum atomic E-state index is 9.16. The molecule has 3 heteroatoms. The molecule has 1 aromatic heterocycles. The molecule has 0 radical (unpaired) electrons. The van der Waals surface area contributed by atoms with E-state index >= 15 is 0 Å². The molecule has 0 saturated carbocycles. The fourth-order valence-corrected chi connectivity index (χ4v) is 2.53. The predicted octanol–water partition coefficient (Wildman–Crippen LogP) is 3.41. The van der Waals surface area contributed by atoms with Crippen molar-refractivity contribution in [3.05, 3.63) is 57.8 Å². The van der Waals surface area contributed by atoms with E-state index in [0.29, 0.717) is 0 Å². The van der Waals surface area contributed by atoms with Gasteiger partial charge in [0.2, 0.25) is 0 Å². The summed E-state index contributed by atoms with van der Waals surface area (Å²) in [5.74, 6) is 0. The first kappa shape index (κ1) is 11.8. The largest absolute Gasteiger partial charge is 0.293 e. The Labute approximate surface area is 106 Å². The second kappa shape index (κ2) is 5.62. The molecule has 0 spiro atoms. The van der Waals surface area contributed by atoms with Gasteiger partial charge in [0.25, 0.3) is 0 Å². The van der Waals surface area contributed by atoms with Gasteiger partial charge in [-0.15, -0.1) is 11.3 Å². The van der Waals surface area contributed by atoms with E-state index in [1.165, 1.54) is 10.4 Å². The molecule has 2 nitrogen and oxygen atoms in total. The van der Waals surface area contributed by atoms with Crippen LogP contribution in [0.2, 0.25) is 0 Å². The Bertz CT molecular complexity index is 511. The first-order valence-electron chi connectivity index (χ1n) is 5.53. The Morgan fingerprint density at radius 3 is 2.59 bits per heavy atom. The molecule has 0 bridgehead atoms. The first-order valence-corrected chi connectivity index (χ1v) is 6.34. The van der Waals surface area contributed by atoms with Crippen molar-refractivity contribution in [1.29, 1.82) is 5.26 Å². The lowest BCUT2D eigenvalue weighted by molar-refractivity contribution is 0.638. The van der Waals surface area contributed by atoms with Crippen molar-refractivity contribution in [3.8, 4) is 6.07 Å². The quantitative estimate of drug-likeness (QED) is 0.891. The van der Waals surface area contributed by atoms with Crippen LogP contribution < -0.4 is 5.32 Å². The van der Waals surface area contributed by atoms with Crippen molar-refractivity contribution in [2.45, 2.75) is 19.5 Å². The molecule has 0 aliphatic carbocycles. The molecule has 1 aromatic carbocycles. The summed E-state index contributed by atoms with van der Waals surface area (Å²) in [6.07, 6.45) is 0. The lowest BCUT2D eigenvalue weighted by Crippen LogP contribution is -2.18. The summed E-state index contributed by atoms with van der Waals surface area (Å²) in [7, 11) is 0. The van der Waals surface area contributed by atoms with Gasteiger partial charge in [-0.25, -0.2) is 0 Å². The van der Waals surface area contributed by atoms with Gasteiger partial charge in [-0.1, -0.05) is 30.3 Å². The van der Waals surface area contributed by atoms with Crippen LogP contribution in [0.4, 0.5) is 0 Å². The lowest BCUT2D eigenvalue weighted by Gasteiger charge is -2.09. The number of hydrogen-bond acceptors (Lipinski definition) is 3. The average molecular weight is 242 g/mol. The minimum Gasteiger partial charge on any atom is -0.293 e. The maximum Gasteiger partial charge on any atom is 0.130 e. The van der Waals surface area contributed by atoms with Crippen molar-refractivity contribution >= 4 is 11.3 Å². The maximum absolute atomic E-state index is 9.16. The Kier molecular flexibility index (Phi) is 3.92. The number of aryl methyl sites for hydroxylation is 1. The third-order valence-corrected chi connectivity index (χ3v) is 3.59. The van der Waals surface area contributed by atoms with E-state index in [-0.39, 0.29) is 6.04 Å². The van der Waals surface area contributed by atoms with Crippen molar-refractivity contribution in [2.24, 2.45) is 0 Å². The Morgan fingerprint density at radius 2 is 2.00 bits per heavy atom. The molecule has 0 amide bonds. The summed E-state index contributed by atoms with van der Waals surface area (Å²) >= 11 is 1.67. The number of benzene rings is 1. The monoisotopic (exact) mass is 242 g/mol. The fourth-order valence-electron chi connectivity index (χ4n) is 1.63. The van der Waals surface area contributed by atoms with Gasteiger partial charge < -0.3 is 0 Å². The second-order valence-corrected chi connectivity index (χ2v) is 5.20. The minimum absolute atomic E-state index is 0.214. The minimum atomic E-state index is -0.214. The molecule has 0 aliphatic rings. The highest BCUT2D eigenvalue weighted by Crippen LogP contribution is 2.22. The van der Waals surface area contributed by atoms with Crippen molar-refractivity contribution < 1.29 is 0 Å². The van der Waals surface area contributed by atoms with E-state index in [0.717, 1.165) is 11.4 Å². The topological polar surface area (TPSA) is 35.8 Å². The highest BCUT2D eigenvalue weighted by atomic mass is 32.1. The van der Waals surface area contributed by atoms with E-state index in [2.05, 4.69) is 36.5 Å². The van der Waals surface area contributed by atoms with Crippen molar-refractivity contribution in [3.63, 3.8) is 0 Å². The van der Waals surface area contributed by atoms with Crippen LogP contribution in [0.3, 0.4) is 0 Å². The standard InChI is InChI=1S/C14H14N2S/c1-11-7-8-14(17-11)13(9-15)16-10-12-5-3-2-4-6-12/h2-8,13,16H,10H2,1H3. The number of nitriles is 1. The smallest absolute Gasteiger partial charge is 0.130 e. The number of rotatable bonds is 4. The zero-order valence-electron chi connectivity index (χ0n) is 9.68. The van der Waals surface area contributed by atoms with E-state index < -0.39 is 0 Å². The van der Waals surface area contributed by atoms with E-state index in [1.807, 2.05) is 24.3 Å². The third kappa shape index (κ3) is 3.16. The molecule has 0 fully saturated rings. The van der Waals surface area contributed by atoms with Gasteiger partial charge >= 0.3 is 0 Å². The molecule has 86 valence electrons. The van der Waals surface area contributed by atoms with Crippen molar-refractivity contribution in [1.82, 2.24) is 5.32 Å². The van der Waals surface area contributed by atoms with Gasteiger partial charge in [0, 0.05) is 16.3 Å². The lowest BCUT2D eigenvalue weighted by atomic mass is 10.2. The molecular weight excluding hydrogens is 228 g/mol. The van der Waals surface area contributed by atoms with Crippen LogP contribution in [-0.2, 0) is 6.54 Å². The summed E-state index contributed by atoms with van der Waals surface area (Å²) in [6, 6.07) is 16.3. The molecule has 1 atom stereocenters. The molecule has 17 heavy (non-hydrogen) atoms. The number of nitrogens with zero attached hydrogens (tertiary/aromatic N) is 1. The Hall–Kier alpha value is -1.63. The van der Waals surface area contributed by atoms with Gasteiger partial charge in [-0.2, -0.15) is 5.26 Å². The molecule has 2 rings (SSSR count). The predicted molar refractivity (Wildman–Crippen MR) is 70.7 cm³/mol. The zero-order chi connectivity index (χ0) is 12.1. The molecular formula is C14H14N2S. The highest BCUT2D eigenvalue weighted by Gasteiger charge is 2.11. The zero-order valence-corrected chi connectivity index (χ0v) is 10.5. The van der Waals surface area contributed by atoms with Crippen LogP contribution in [0.5, 0.6) is 0 Å². The van der Waals surface area contributed by atoms with Crippen LogP contribution in [0.25, 0.3) is 0 Å². The van der Waals surface area contributed by atoms with Crippen LogP contribution in [0.1, 0.15) is 21.4 Å². The van der Waals surface area contributed by atoms with Crippen LogP contribution in [0, 0.1) is 18.3 Å². The summed E-state index contributed by atoms with van der Waals surface area (Å²) in [5.41, 5.74) is 1.20. The molecule has 0 saturated heterocycles. The van der Waals surface area contributed by atoms with Gasteiger partial charge in [0.15, 0.2) is 0 Å². The fraction of sp³-hybridized carbons (Fsp3) is 0.214. The first-order chi connectivity index (χ1) is 8.29. The Balaban J connectivity index is 2.00. The van der Waals surface area contributed by atoms with Gasteiger partial charge in [0.05, 0.1) is 6.07 Å². The SMILES string of the molecule is Cc1ccc(C(C#N)NCc2ccccc2)s1. The average Bonchev–Trinajstić information content (AvgIpc) is 2.78. The Morgan fingerprint density at radius 1 is 1.24 bits per heavy atom. The summed E-state index contributed by atoms with van der Waals surface area (Å²) in [5, 5.41) is 12.4. The van der Waals surface area contributed by atoms with E-state index in [1.54, 1.807) is 11.3 Å². The van der Waals surface area contributed by atoms with Crippen LogP contribution in [0.15, 0.2) is 42.5 Å². The number of hydrogen-bond donors (Lipinski definition) is 1. The second-order valence-electron chi connectivity index (χ2n) is 3.88. The third-order valence-electron chi connectivity index (χ3n) is 2.53. The number of thiophene rings is 1. The number of nitrogens with one attached hydrogen (secondary N) is 1. The summed E-state index contributed by atoms with van der Waals surface area (Å²) in [4.78, 5) is 2.32. The van der Waals surface area contributed by atoms with E-state index in [4.69, 9.17) is 5.26 Å². The normalized spacial score (nSPS) is 12.0. The van der Waals surface area contributed by atoms with Crippen LogP contribution >= 0.6 is 11.3 Å². The molecule has 1 N–H and O–H groups in total. The van der Waals surface area contributed by atoms with E-state index in [9.17, 15) is 0 Å². The van der Waals surface area contributed by atoms with Crippen molar-refractivity contribution in [2.75, 3.05) is 0 Å². The van der Waals surface area contributed by atoms with Gasteiger partial charge in [0.1, 0.15) is 6.04 Å². The molecule has 0 aliphatic heterocycles. The van der Waals surface area contributed by atoms with Gasteiger partial charge in [-0.3, -0.25) is 5.32 Å².